The van der Waals surface area contributed by atoms with Crippen molar-refractivity contribution in [1.82, 2.24) is 9.80 Å². The summed E-state index contributed by atoms with van der Waals surface area (Å²) in [6.45, 7) is 4.86. The Balaban J connectivity index is 1.57. The highest BCUT2D eigenvalue weighted by Gasteiger charge is 2.32. The van der Waals surface area contributed by atoms with Crippen molar-refractivity contribution in [2.45, 2.75) is 32.6 Å². The lowest BCUT2D eigenvalue weighted by molar-refractivity contribution is -0.138. The second kappa shape index (κ2) is 7.73. The zero-order valence-electron chi connectivity index (χ0n) is 14.5. The van der Waals surface area contributed by atoms with Gasteiger partial charge < -0.3 is 9.80 Å². The van der Waals surface area contributed by atoms with Crippen LogP contribution >= 0.6 is 11.6 Å². The van der Waals surface area contributed by atoms with E-state index in [1.165, 1.54) is 18.2 Å². The molecule has 1 aromatic rings. The maximum Gasteiger partial charge on any atom is 0.256 e. The minimum absolute atomic E-state index is 0.00212. The van der Waals surface area contributed by atoms with E-state index in [1.807, 2.05) is 4.90 Å². The lowest BCUT2D eigenvalue weighted by Crippen LogP contribution is -2.46. The van der Waals surface area contributed by atoms with Gasteiger partial charge in [-0.05, 0) is 49.8 Å². The largest absolute Gasteiger partial charge is 0.342 e. The Morgan fingerprint density at radius 2 is 1.64 bits per heavy atom. The molecule has 2 fully saturated rings. The van der Waals surface area contributed by atoms with E-state index in [2.05, 4.69) is 6.92 Å². The fourth-order valence-corrected chi connectivity index (χ4v) is 3.82. The van der Waals surface area contributed by atoms with Crippen molar-refractivity contribution in [3.63, 3.8) is 0 Å². The van der Waals surface area contributed by atoms with Crippen LogP contribution in [0.5, 0.6) is 0 Å². The average molecular weight is 367 g/mol. The Labute approximate surface area is 152 Å². The number of hydrogen-bond donors (Lipinski definition) is 0. The van der Waals surface area contributed by atoms with Gasteiger partial charge in [-0.2, -0.15) is 0 Å². The molecule has 0 saturated carbocycles. The molecule has 6 heteroatoms. The van der Waals surface area contributed by atoms with Crippen LogP contribution in [0, 0.1) is 17.7 Å². The average Bonchev–Trinajstić information content (AvgIpc) is 2.63. The third-order valence-corrected chi connectivity index (χ3v) is 5.62. The van der Waals surface area contributed by atoms with Crippen LogP contribution in [0.15, 0.2) is 18.2 Å². The predicted molar refractivity (Wildman–Crippen MR) is 95.0 cm³/mol. The molecule has 25 heavy (non-hydrogen) atoms. The number of halogens is 2. The summed E-state index contributed by atoms with van der Waals surface area (Å²) < 4.78 is 13.9. The van der Waals surface area contributed by atoms with Crippen LogP contribution in [0.4, 0.5) is 4.39 Å². The van der Waals surface area contributed by atoms with Crippen LogP contribution in [0.1, 0.15) is 43.0 Å². The zero-order valence-corrected chi connectivity index (χ0v) is 15.3. The van der Waals surface area contributed by atoms with E-state index in [9.17, 15) is 14.0 Å². The van der Waals surface area contributed by atoms with Crippen LogP contribution < -0.4 is 0 Å². The van der Waals surface area contributed by atoms with Crippen LogP contribution in [-0.2, 0) is 4.79 Å². The molecule has 0 aromatic heterocycles. The molecule has 3 rings (SSSR count). The van der Waals surface area contributed by atoms with E-state index in [-0.39, 0.29) is 23.3 Å². The molecular weight excluding hydrogens is 343 g/mol. The number of likely N-dealkylation sites (tertiary alicyclic amines) is 2. The van der Waals surface area contributed by atoms with E-state index in [4.69, 9.17) is 11.6 Å². The SMILES string of the molecule is CC1CCN(C(=O)C2CCN(C(=O)c3cc(Cl)ccc3F)CC2)CC1. The van der Waals surface area contributed by atoms with E-state index >= 15 is 0 Å². The van der Waals surface area contributed by atoms with Crippen LogP contribution in [0.2, 0.25) is 5.02 Å². The minimum atomic E-state index is -0.560. The molecule has 2 aliphatic heterocycles. The Hall–Kier alpha value is -1.62. The van der Waals surface area contributed by atoms with Gasteiger partial charge in [0.1, 0.15) is 5.82 Å². The Bertz CT molecular complexity index is 651. The van der Waals surface area contributed by atoms with Gasteiger partial charge in [0.2, 0.25) is 5.91 Å². The summed E-state index contributed by atoms with van der Waals surface area (Å²) >= 11 is 5.87. The van der Waals surface area contributed by atoms with Gasteiger partial charge in [-0.25, -0.2) is 4.39 Å². The summed E-state index contributed by atoms with van der Waals surface area (Å²) in [6, 6.07) is 4.01. The third kappa shape index (κ3) is 4.14. The summed E-state index contributed by atoms with van der Waals surface area (Å²) in [4.78, 5) is 28.8. The molecule has 136 valence electrons. The highest BCUT2D eigenvalue weighted by Crippen LogP contribution is 2.25. The summed E-state index contributed by atoms with van der Waals surface area (Å²) in [5.74, 6) is -0.0292. The number of carbonyl (C=O) groups excluding carboxylic acids is 2. The van der Waals surface area contributed by atoms with E-state index in [1.54, 1.807) is 4.90 Å². The van der Waals surface area contributed by atoms with Crippen molar-refractivity contribution >= 4 is 23.4 Å². The standard InChI is InChI=1S/C19H24ClFN2O2/c1-13-4-8-22(9-5-13)18(24)14-6-10-23(11-7-14)19(25)16-12-15(20)2-3-17(16)21/h2-3,12-14H,4-11H2,1H3. The van der Waals surface area contributed by atoms with Crippen molar-refractivity contribution in [2.75, 3.05) is 26.2 Å². The van der Waals surface area contributed by atoms with Gasteiger partial charge in [0.05, 0.1) is 5.56 Å². The lowest BCUT2D eigenvalue weighted by Gasteiger charge is -2.36. The van der Waals surface area contributed by atoms with Gasteiger partial charge >= 0.3 is 0 Å². The van der Waals surface area contributed by atoms with E-state index in [0.717, 1.165) is 25.9 Å². The first-order valence-electron chi connectivity index (χ1n) is 8.99. The monoisotopic (exact) mass is 366 g/mol. The molecular formula is C19H24ClFN2O2. The number of carbonyl (C=O) groups is 2. The number of amides is 2. The smallest absolute Gasteiger partial charge is 0.256 e. The normalized spacial score (nSPS) is 20.0. The zero-order chi connectivity index (χ0) is 18.0. The van der Waals surface area contributed by atoms with Gasteiger partial charge in [0, 0.05) is 37.1 Å². The first kappa shape index (κ1) is 18.2. The Morgan fingerprint density at radius 3 is 2.28 bits per heavy atom. The maximum atomic E-state index is 13.9. The molecule has 0 spiro atoms. The van der Waals surface area contributed by atoms with Crippen LogP contribution in [-0.4, -0.2) is 47.8 Å². The van der Waals surface area contributed by atoms with Crippen molar-refractivity contribution < 1.29 is 14.0 Å². The Morgan fingerprint density at radius 1 is 1.04 bits per heavy atom. The Kier molecular flexibility index (Phi) is 5.62. The van der Waals surface area contributed by atoms with Gasteiger partial charge in [0.25, 0.3) is 5.91 Å². The second-order valence-electron chi connectivity index (χ2n) is 7.20. The molecule has 0 aliphatic carbocycles. The molecule has 2 aliphatic rings. The van der Waals surface area contributed by atoms with Crippen molar-refractivity contribution in [3.8, 4) is 0 Å². The number of rotatable bonds is 2. The molecule has 4 nitrogen and oxygen atoms in total. The minimum Gasteiger partial charge on any atom is -0.342 e. The molecule has 0 bridgehead atoms. The van der Waals surface area contributed by atoms with Gasteiger partial charge in [-0.15, -0.1) is 0 Å². The van der Waals surface area contributed by atoms with Crippen LogP contribution in [0.25, 0.3) is 0 Å². The second-order valence-corrected chi connectivity index (χ2v) is 7.63. The van der Waals surface area contributed by atoms with Crippen LogP contribution in [0.3, 0.4) is 0 Å². The summed E-state index contributed by atoms with van der Waals surface area (Å²) in [5.41, 5.74) is 0.00212. The molecule has 1 aromatic carbocycles. The molecule has 0 unspecified atom stereocenters. The maximum absolute atomic E-state index is 13.9. The van der Waals surface area contributed by atoms with Crippen molar-refractivity contribution in [3.05, 3.63) is 34.6 Å². The van der Waals surface area contributed by atoms with Crippen molar-refractivity contribution in [1.29, 1.82) is 0 Å². The van der Waals surface area contributed by atoms with E-state index in [0.29, 0.717) is 36.9 Å². The predicted octanol–water partition coefficient (Wildman–Crippen LogP) is 3.59. The highest BCUT2D eigenvalue weighted by molar-refractivity contribution is 6.31. The molecule has 0 radical (unpaired) electrons. The fraction of sp³-hybridized carbons (Fsp3) is 0.579. The van der Waals surface area contributed by atoms with Gasteiger partial charge in [-0.1, -0.05) is 18.5 Å². The number of nitrogens with zero attached hydrogens (tertiary/aromatic N) is 2. The first-order valence-corrected chi connectivity index (χ1v) is 9.36. The number of hydrogen-bond acceptors (Lipinski definition) is 2. The molecule has 0 atom stereocenters. The summed E-state index contributed by atoms with van der Waals surface area (Å²) in [5, 5.41) is 0.342. The van der Waals surface area contributed by atoms with Gasteiger partial charge in [0.15, 0.2) is 0 Å². The highest BCUT2D eigenvalue weighted by atomic mass is 35.5. The topological polar surface area (TPSA) is 40.6 Å². The fourth-order valence-electron chi connectivity index (χ4n) is 3.65. The summed E-state index contributed by atoms with van der Waals surface area (Å²) in [7, 11) is 0. The quantitative estimate of drug-likeness (QED) is 0.802. The number of benzene rings is 1. The first-order chi connectivity index (χ1) is 12.0. The molecule has 2 amide bonds. The lowest BCUT2D eigenvalue weighted by atomic mass is 9.92. The molecule has 2 heterocycles. The third-order valence-electron chi connectivity index (χ3n) is 5.39. The molecule has 2 saturated heterocycles. The van der Waals surface area contributed by atoms with Crippen molar-refractivity contribution in [2.24, 2.45) is 11.8 Å². The summed E-state index contributed by atoms with van der Waals surface area (Å²) in [6.07, 6.45) is 3.41. The van der Waals surface area contributed by atoms with E-state index < -0.39 is 5.82 Å². The molecule has 0 N–H and O–H groups in total. The van der Waals surface area contributed by atoms with Gasteiger partial charge in [-0.3, -0.25) is 9.59 Å². The number of piperidine rings is 2.